The maximum Gasteiger partial charge on any atom is 0.0783 e. The van der Waals surface area contributed by atoms with Crippen molar-refractivity contribution >= 4 is 10.8 Å². The van der Waals surface area contributed by atoms with Crippen molar-refractivity contribution in [1.29, 1.82) is 0 Å². The number of hydrogen-bond donors (Lipinski definition) is 0. The Bertz CT molecular complexity index is 657. The van der Waals surface area contributed by atoms with Crippen molar-refractivity contribution in [3.05, 3.63) is 73.3 Å². The van der Waals surface area contributed by atoms with Gasteiger partial charge in [0.15, 0.2) is 0 Å². The Morgan fingerprint density at radius 1 is 0.824 bits per heavy atom. The summed E-state index contributed by atoms with van der Waals surface area (Å²) in [6, 6.07) is 20.2. The summed E-state index contributed by atoms with van der Waals surface area (Å²) >= 11 is 0. The Labute approximate surface area is 101 Å². The lowest BCUT2D eigenvalue weighted by atomic mass is 10.0. The first kappa shape index (κ1) is 10.0. The second-order valence-electron chi connectivity index (χ2n) is 3.98. The molecule has 0 saturated carbocycles. The third-order valence-corrected chi connectivity index (χ3v) is 2.81. The fraction of sp³-hybridized carbons (Fsp3) is 0. The molecule has 3 aromatic rings. The van der Waals surface area contributed by atoms with Gasteiger partial charge in [-0.2, -0.15) is 0 Å². The fourth-order valence-electron chi connectivity index (χ4n) is 2.04. The molecule has 2 aromatic carbocycles. The average Bonchev–Trinajstić information content (AvgIpc) is 2.39. The van der Waals surface area contributed by atoms with Crippen LogP contribution in [0.5, 0.6) is 0 Å². The summed E-state index contributed by atoms with van der Waals surface area (Å²) in [4.78, 5) is 4.45. The largest absolute Gasteiger partial charge is 0.252 e. The molecule has 0 amide bonds. The normalized spacial score (nSPS) is 10.6. The zero-order chi connectivity index (χ0) is 11.7. The van der Waals surface area contributed by atoms with Crippen LogP contribution >= 0.6 is 0 Å². The Balaban J connectivity index is 2.36. The van der Waals surface area contributed by atoms with Crippen LogP contribution in [0.25, 0.3) is 22.0 Å². The first-order chi connectivity index (χ1) is 8.34. The van der Waals surface area contributed by atoms with E-state index < -0.39 is 0 Å². The van der Waals surface area contributed by atoms with E-state index in [1.807, 2.05) is 48.5 Å². The van der Waals surface area contributed by atoms with Crippen molar-refractivity contribution in [2.75, 3.05) is 0 Å². The molecule has 0 aliphatic heterocycles. The summed E-state index contributed by atoms with van der Waals surface area (Å²) < 4.78 is 0. The van der Waals surface area contributed by atoms with Gasteiger partial charge >= 0.3 is 0 Å². The van der Waals surface area contributed by atoms with Gasteiger partial charge in [-0.05, 0) is 11.5 Å². The summed E-state index contributed by atoms with van der Waals surface area (Å²) in [5.74, 6) is 0. The van der Waals surface area contributed by atoms with Gasteiger partial charge in [-0.3, -0.25) is 4.98 Å². The van der Waals surface area contributed by atoms with Crippen LogP contribution in [0.4, 0.5) is 0 Å². The van der Waals surface area contributed by atoms with Crippen LogP contribution in [0.15, 0.2) is 60.7 Å². The summed E-state index contributed by atoms with van der Waals surface area (Å²) in [7, 11) is 0. The van der Waals surface area contributed by atoms with Gasteiger partial charge in [-0.1, -0.05) is 54.6 Å². The first-order valence-corrected chi connectivity index (χ1v) is 5.55. The number of fused-ring (bicyclic) bond motifs is 1. The molecule has 0 N–H and O–H groups in total. The van der Waals surface area contributed by atoms with Crippen molar-refractivity contribution in [3.8, 4) is 11.3 Å². The second kappa shape index (κ2) is 4.02. The van der Waals surface area contributed by atoms with Gasteiger partial charge in [-0.25, -0.2) is 0 Å². The third-order valence-electron chi connectivity index (χ3n) is 2.81. The molecule has 1 aromatic heterocycles. The van der Waals surface area contributed by atoms with Gasteiger partial charge in [0.2, 0.25) is 0 Å². The Hall–Kier alpha value is -2.15. The van der Waals surface area contributed by atoms with Crippen molar-refractivity contribution in [2.45, 2.75) is 0 Å². The van der Waals surface area contributed by atoms with Crippen LogP contribution in [0.1, 0.15) is 5.69 Å². The van der Waals surface area contributed by atoms with Gasteiger partial charge in [0.1, 0.15) is 0 Å². The van der Waals surface area contributed by atoms with E-state index in [1.54, 1.807) is 0 Å². The molecule has 80 valence electrons. The Morgan fingerprint density at radius 2 is 1.53 bits per heavy atom. The lowest BCUT2D eigenvalue weighted by Gasteiger charge is -2.07. The van der Waals surface area contributed by atoms with Crippen molar-refractivity contribution in [3.63, 3.8) is 0 Å². The minimum absolute atomic E-state index is 0.558. The maximum absolute atomic E-state index is 5.85. The van der Waals surface area contributed by atoms with Gasteiger partial charge in [0, 0.05) is 23.6 Å². The molecule has 3 rings (SSSR count). The number of nitrogens with zero attached hydrogens (tertiary/aromatic N) is 1. The summed E-state index contributed by atoms with van der Waals surface area (Å²) in [6.45, 7) is 5.85. The highest BCUT2D eigenvalue weighted by Crippen LogP contribution is 2.26. The van der Waals surface area contributed by atoms with Crippen LogP contribution in [0.2, 0.25) is 0 Å². The average molecular weight is 217 g/mol. The van der Waals surface area contributed by atoms with Crippen LogP contribution in [-0.4, -0.2) is 4.98 Å². The van der Waals surface area contributed by atoms with Crippen LogP contribution in [0.3, 0.4) is 0 Å². The molecular formula is C16H11N. The SMILES string of the molecule is [CH]c1cc2ccccc2c(-c2ccccc2)n1. The number of rotatable bonds is 1. The quantitative estimate of drug-likeness (QED) is 0.601. The zero-order valence-electron chi connectivity index (χ0n) is 9.30. The monoisotopic (exact) mass is 217 g/mol. The van der Waals surface area contributed by atoms with E-state index in [1.165, 1.54) is 0 Å². The minimum atomic E-state index is 0.558. The number of pyridine rings is 1. The second-order valence-corrected chi connectivity index (χ2v) is 3.98. The van der Waals surface area contributed by atoms with Gasteiger partial charge in [0.05, 0.1) is 5.69 Å². The number of aromatic nitrogens is 1. The number of benzene rings is 2. The van der Waals surface area contributed by atoms with E-state index in [0.717, 1.165) is 22.0 Å². The topological polar surface area (TPSA) is 12.9 Å². The van der Waals surface area contributed by atoms with E-state index in [0.29, 0.717) is 5.69 Å². The molecule has 0 aliphatic carbocycles. The van der Waals surface area contributed by atoms with Crippen LogP contribution < -0.4 is 0 Å². The molecule has 17 heavy (non-hydrogen) atoms. The molecule has 0 saturated heterocycles. The van der Waals surface area contributed by atoms with E-state index in [4.69, 9.17) is 6.92 Å². The summed E-state index contributed by atoms with van der Waals surface area (Å²) in [6.07, 6.45) is 0. The van der Waals surface area contributed by atoms with Crippen molar-refractivity contribution in [2.24, 2.45) is 0 Å². The van der Waals surface area contributed by atoms with E-state index in [-0.39, 0.29) is 0 Å². The molecule has 0 fully saturated rings. The van der Waals surface area contributed by atoms with Gasteiger partial charge < -0.3 is 0 Å². The predicted molar refractivity (Wildman–Crippen MR) is 70.6 cm³/mol. The van der Waals surface area contributed by atoms with E-state index in [2.05, 4.69) is 17.1 Å². The highest BCUT2D eigenvalue weighted by atomic mass is 14.7. The molecular weight excluding hydrogens is 206 g/mol. The molecule has 0 atom stereocenters. The van der Waals surface area contributed by atoms with Crippen LogP contribution in [0, 0.1) is 6.92 Å². The highest BCUT2D eigenvalue weighted by molar-refractivity contribution is 5.94. The fourth-order valence-corrected chi connectivity index (χ4v) is 2.04. The molecule has 0 spiro atoms. The predicted octanol–water partition coefficient (Wildman–Crippen LogP) is 3.96. The molecule has 1 nitrogen and oxygen atoms in total. The Kier molecular flexibility index (Phi) is 2.37. The van der Waals surface area contributed by atoms with Crippen molar-refractivity contribution < 1.29 is 0 Å². The lowest BCUT2D eigenvalue weighted by molar-refractivity contribution is 1.30. The highest BCUT2D eigenvalue weighted by Gasteiger charge is 2.05. The molecule has 1 heterocycles. The minimum Gasteiger partial charge on any atom is -0.252 e. The lowest BCUT2D eigenvalue weighted by Crippen LogP contribution is -1.89. The molecule has 0 aliphatic rings. The standard InChI is InChI=1S/C16H11N/c1-12-11-14-9-5-6-10-15(14)16(17-12)13-7-3-2-4-8-13/h1-11H. The van der Waals surface area contributed by atoms with Crippen LogP contribution in [-0.2, 0) is 0 Å². The molecule has 2 radical (unpaired) electrons. The molecule has 1 heteroatoms. The first-order valence-electron chi connectivity index (χ1n) is 5.55. The van der Waals surface area contributed by atoms with Crippen molar-refractivity contribution in [1.82, 2.24) is 4.98 Å². The zero-order valence-corrected chi connectivity index (χ0v) is 9.30. The Morgan fingerprint density at radius 3 is 2.35 bits per heavy atom. The van der Waals surface area contributed by atoms with Gasteiger partial charge in [0.25, 0.3) is 0 Å². The summed E-state index contributed by atoms with van der Waals surface area (Å²) in [5, 5.41) is 2.26. The third kappa shape index (κ3) is 1.80. The number of hydrogen-bond acceptors (Lipinski definition) is 1. The van der Waals surface area contributed by atoms with E-state index in [9.17, 15) is 0 Å². The molecule has 0 unspecified atom stereocenters. The maximum atomic E-state index is 5.85. The van der Waals surface area contributed by atoms with Gasteiger partial charge in [-0.15, -0.1) is 0 Å². The smallest absolute Gasteiger partial charge is 0.0783 e. The van der Waals surface area contributed by atoms with E-state index >= 15 is 0 Å². The molecule has 0 bridgehead atoms. The summed E-state index contributed by atoms with van der Waals surface area (Å²) in [5.41, 5.74) is 2.60.